The number of amides is 1. The van der Waals surface area contributed by atoms with Crippen LogP contribution in [0.25, 0.3) is 0 Å². The number of hydrogen-bond acceptors (Lipinski definition) is 5. The van der Waals surface area contributed by atoms with Gasteiger partial charge in [-0.2, -0.15) is 0 Å². The van der Waals surface area contributed by atoms with Crippen molar-refractivity contribution in [2.24, 2.45) is 0 Å². The molecular formula is C15H17NO2S3. The van der Waals surface area contributed by atoms with Gasteiger partial charge < -0.3 is 9.64 Å². The van der Waals surface area contributed by atoms with Crippen molar-refractivity contribution in [2.75, 3.05) is 12.0 Å². The Bertz CT molecular complexity index is 629. The Kier molecular flexibility index (Phi) is 3.74. The van der Waals surface area contributed by atoms with E-state index in [-0.39, 0.29) is 22.6 Å². The Morgan fingerprint density at radius 3 is 2.76 bits per heavy atom. The van der Waals surface area contributed by atoms with Gasteiger partial charge in [-0.25, -0.2) is 0 Å². The second-order valence-corrected chi connectivity index (χ2v) is 8.91. The summed E-state index contributed by atoms with van der Waals surface area (Å²) in [5.74, 6) is 1.05. The van der Waals surface area contributed by atoms with Gasteiger partial charge >= 0.3 is 0 Å². The summed E-state index contributed by atoms with van der Waals surface area (Å²) in [6.45, 7) is 5.88. The van der Waals surface area contributed by atoms with Gasteiger partial charge in [0.2, 0.25) is 5.91 Å². The molecule has 1 fully saturated rings. The van der Waals surface area contributed by atoms with E-state index in [9.17, 15) is 4.79 Å². The number of fused-ring (bicyclic) bond motifs is 3. The van der Waals surface area contributed by atoms with E-state index in [0.29, 0.717) is 0 Å². The Balaban J connectivity index is 2.25. The lowest BCUT2D eigenvalue weighted by Crippen LogP contribution is -2.58. The van der Waals surface area contributed by atoms with Gasteiger partial charge in [0.1, 0.15) is 5.75 Å². The van der Waals surface area contributed by atoms with Crippen LogP contribution in [0.2, 0.25) is 0 Å². The summed E-state index contributed by atoms with van der Waals surface area (Å²) in [4.78, 5) is 14.2. The second kappa shape index (κ2) is 5.18. The van der Waals surface area contributed by atoms with Crippen LogP contribution >= 0.6 is 33.8 Å². The van der Waals surface area contributed by atoms with Gasteiger partial charge in [0.15, 0.2) is 0 Å². The number of hydrogen-bond donors (Lipinski definition) is 0. The van der Waals surface area contributed by atoms with E-state index in [1.807, 2.05) is 23.1 Å². The molecule has 21 heavy (non-hydrogen) atoms. The lowest BCUT2D eigenvalue weighted by Gasteiger charge is -2.48. The van der Waals surface area contributed by atoms with E-state index in [2.05, 4.69) is 13.8 Å². The Morgan fingerprint density at radius 1 is 1.43 bits per heavy atom. The van der Waals surface area contributed by atoms with Gasteiger partial charge in [-0.15, -0.1) is 0 Å². The molecule has 0 bridgehead atoms. The molecule has 6 heteroatoms. The fourth-order valence-electron chi connectivity index (χ4n) is 3.27. The molecular weight excluding hydrogens is 322 g/mol. The highest BCUT2D eigenvalue weighted by molar-refractivity contribution is 8.84. The van der Waals surface area contributed by atoms with Crippen molar-refractivity contribution in [2.45, 2.75) is 37.5 Å². The molecule has 2 atom stereocenters. The molecule has 112 valence electrons. The predicted molar refractivity (Wildman–Crippen MR) is 94.5 cm³/mol. The third kappa shape index (κ3) is 2.19. The first-order valence-corrected chi connectivity index (χ1v) is 9.36. The van der Waals surface area contributed by atoms with Gasteiger partial charge in [-0.1, -0.05) is 23.0 Å². The lowest BCUT2D eigenvalue weighted by molar-refractivity contribution is -0.117. The number of thiocarbonyl (C=S) groups is 1. The highest BCUT2D eigenvalue weighted by Crippen LogP contribution is 2.59. The molecule has 1 amide bonds. The van der Waals surface area contributed by atoms with E-state index in [0.717, 1.165) is 21.2 Å². The van der Waals surface area contributed by atoms with Gasteiger partial charge in [0.25, 0.3) is 0 Å². The maximum Gasteiger partial charge on any atom is 0.224 e. The number of methoxy groups -OCH3 is 1. The Morgan fingerprint density at radius 2 is 2.14 bits per heavy atom. The molecule has 2 aliphatic rings. The van der Waals surface area contributed by atoms with Crippen molar-refractivity contribution < 1.29 is 9.53 Å². The maximum absolute atomic E-state index is 12.2. The van der Waals surface area contributed by atoms with E-state index < -0.39 is 0 Å². The van der Waals surface area contributed by atoms with Crippen molar-refractivity contribution >= 4 is 49.6 Å². The summed E-state index contributed by atoms with van der Waals surface area (Å²) in [6, 6.07) is 5.91. The molecule has 0 N–H and O–H groups in total. The highest BCUT2D eigenvalue weighted by Gasteiger charge is 2.53. The van der Waals surface area contributed by atoms with E-state index in [1.165, 1.54) is 0 Å². The quantitative estimate of drug-likeness (QED) is 0.569. The summed E-state index contributed by atoms with van der Waals surface area (Å²) in [5.41, 5.74) is 1.80. The fraction of sp³-hybridized carbons (Fsp3) is 0.467. The van der Waals surface area contributed by atoms with Gasteiger partial charge in [0, 0.05) is 18.5 Å². The number of carbonyl (C=O) groups is 1. The maximum atomic E-state index is 12.2. The summed E-state index contributed by atoms with van der Waals surface area (Å²) < 4.78 is 6.35. The molecule has 3 rings (SSSR count). The predicted octanol–water partition coefficient (Wildman–Crippen LogP) is 4.01. The number of anilines is 1. The Hall–Kier alpha value is -0.720. The van der Waals surface area contributed by atoms with Gasteiger partial charge in [-0.05, 0) is 48.4 Å². The van der Waals surface area contributed by atoms with Crippen molar-refractivity contribution in [3.63, 3.8) is 0 Å². The average Bonchev–Trinajstić information content (AvgIpc) is 2.81. The van der Waals surface area contributed by atoms with Crippen LogP contribution in [0.5, 0.6) is 5.75 Å². The molecule has 0 aromatic heterocycles. The minimum Gasteiger partial charge on any atom is -0.497 e. The first-order valence-electron chi connectivity index (χ1n) is 6.74. The summed E-state index contributed by atoms with van der Waals surface area (Å²) in [7, 11) is 5.10. The molecule has 0 spiro atoms. The smallest absolute Gasteiger partial charge is 0.224 e. The first kappa shape index (κ1) is 15.2. The van der Waals surface area contributed by atoms with Gasteiger partial charge in [0.05, 0.1) is 22.1 Å². The third-order valence-electron chi connectivity index (χ3n) is 4.19. The van der Waals surface area contributed by atoms with Crippen molar-refractivity contribution in [3.8, 4) is 5.75 Å². The number of carbonyl (C=O) groups excluding carboxylic acids is 1. The molecule has 3 nitrogen and oxygen atoms in total. The van der Waals surface area contributed by atoms with Gasteiger partial charge in [-0.3, -0.25) is 4.79 Å². The number of nitrogens with zero attached hydrogens (tertiary/aromatic N) is 1. The van der Waals surface area contributed by atoms with Crippen LogP contribution in [-0.4, -0.2) is 28.0 Å². The summed E-state index contributed by atoms with van der Waals surface area (Å²) in [6.07, 6.45) is 0. The molecule has 1 saturated heterocycles. The van der Waals surface area contributed by atoms with Crippen LogP contribution in [0.1, 0.15) is 32.3 Å². The van der Waals surface area contributed by atoms with Crippen LogP contribution in [0.3, 0.4) is 0 Å². The van der Waals surface area contributed by atoms with E-state index >= 15 is 0 Å². The molecule has 2 unspecified atom stereocenters. The van der Waals surface area contributed by atoms with Crippen LogP contribution in [0.4, 0.5) is 5.69 Å². The molecule has 1 aromatic carbocycles. The zero-order valence-electron chi connectivity index (χ0n) is 12.4. The van der Waals surface area contributed by atoms with Crippen molar-refractivity contribution in [1.29, 1.82) is 0 Å². The first-order chi connectivity index (χ1) is 9.87. The van der Waals surface area contributed by atoms with Crippen molar-refractivity contribution in [1.82, 2.24) is 0 Å². The van der Waals surface area contributed by atoms with E-state index in [4.69, 9.17) is 17.0 Å². The summed E-state index contributed by atoms with van der Waals surface area (Å²) >= 11 is 5.58. The largest absolute Gasteiger partial charge is 0.497 e. The standard InChI is InChI=1S/C15H17NO2S3/c1-8(17)16-11-6-5-9(18-4)7-10(11)12-13(15(16,2)3)20-21-14(12)19/h5-7,12-13H,1-4H3. The molecule has 0 aliphatic carbocycles. The van der Waals surface area contributed by atoms with Crippen LogP contribution in [0, 0.1) is 0 Å². The Labute approximate surface area is 138 Å². The van der Waals surface area contributed by atoms with Crippen molar-refractivity contribution in [3.05, 3.63) is 23.8 Å². The zero-order valence-corrected chi connectivity index (χ0v) is 14.8. The molecule has 2 heterocycles. The third-order valence-corrected chi connectivity index (χ3v) is 8.03. The SMILES string of the molecule is COc1ccc2c(c1)C1C(=S)SSC1C(C)(C)N2C(C)=O. The minimum absolute atomic E-state index is 0.0632. The molecule has 0 saturated carbocycles. The topological polar surface area (TPSA) is 29.5 Å². The molecule has 0 radical (unpaired) electrons. The van der Waals surface area contributed by atoms with Crippen LogP contribution < -0.4 is 9.64 Å². The monoisotopic (exact) mass is 339 g/mol. The van der Waals surface area contributed by atoms with Crippen LogP contribution in [0.15, 0.2) is 18.2 Å². The molecule has 2 aliphatic heterocycles. The minimum atomic E-state index is -0.268. The van der Waals surface area contributed by atoms with E-state index in [1.54, 1.807) is 35.6 Å². The summed E-state index contributed by atoms with van der Waals surface area (Å²) in [5, 5.41) is 0.263. The zero-order chi connectivity index (χ0) is 15.4. The normalized spacial score (nSPS) is 26.3. The number of rotatable bonds is 1. The number of ether oxygens (including phenoxy) is 1. The lowest BCUT2D eigenvalue weighted by atomic mass is 9.79. The second-order valence-electron chi connectivity index (χ2n) is 5.83. The average molecular weight is 340 g/mol. The highest BCUT2D eigenvalue weighted by atomic mass is 33.1. The molecule has 1 aromatic rings. The van der Waals surface area contributed by atoms with Crippen LogP contribution in [-0.2, 0) is 4.79 Å². The fourth-order valence-corrected chi connectivity index (χ4v) is 7.31. The number of benzene rings is 1.